The maximum Gasteiger partial charge on any atom is 0.202 e. The molecule has 1 atom stereocenters. The lowest BCUT2D eigenvalue weighted by Crippen LogP contribution is -2.16. The van der Waals surface area contributed by atoms with Gasteiger partial charge in [0, 0.05) is 29.6 Å². The van der Waals surface area contributed by atoms with E-state index in [4.69, 9.17) is 14.2 Å². The minimum Gasteiger partial charge on any atom is -0.493 e. The highest BCUT2D eigenvalue weighted by molar-refractivity contribution is 5.98. The minimum atomic E-state index is -0.114. The second-order valence-corrected chi connectivity index (χ2v) is 6.59. The van der Waals surface area contributed by atoms with Crippen LogP contribution < -0.4 is 9.47 Å². The summed E-state index contributed by atoms with van der Waals surface area (Å²) in [5, 5.41) is 0. The van der Waals surface area contributed by atoms with Crippen molar-refractivity contribution in [2.24, 2.45) is 0 Å². The van der Waals surface area contributed by atoms with Gasteiger partial charge in [0.15, 0.2) is 23.9 Å². The summed E-state index contributed by atoms with van der Waals surface area (Å²) < 4.78 is 18.3. The summed E-state index contributed by atoms with van der Waals surface area (Å²) in [5.41, 5.74) is 3.06. The Morgan fingerprint density at radius 2 is 1.81 bits per heavy atom. The zero-order valence-electron chi connectivity index (χ0n) is 16.8. The molecular weight excluding hydrogens is 346 g/mol. The molecule has 1 aromatic carbocycles. The summed E-state index contributed by atoms with van der Waals surface area (Å²) in [6, 6.07) is 6.93. The molecule has 0 saturated heterocycles. The molecule has 0 spiro atoms. The fourth-order valence-electron chi connectivity index (χ4n) is 3.28. The van der Waals surface area contributed by atoms with Gasteiger partial charge < -0.3 is 18.8 Å². The molecule has 2 rings (SSSR count). The van der Waals surface area contributed by atoms with E-state index in [0.29, 0.717) is 29.2 Å². The summed E-state index contributed by atoms with van der Waals surface area (Å²) in [4.78, 5) is 24.2. The fraction of sp³-hybridized carbons (Fsp3) is 0.429. The van der Waals surface area contributed by atoms with Crippen molar-refractivity contribution < 1.29 is 23.8 Å². The van der Waals surface area contributed by atoms with Crippen LogP contribution in [0.15, 0.2) is 24.3 Å². The topological polar surface area (TPSA) is 66.8 Å². The quantitative estimate of drug-likeness (QED) is 0.626. The van der Waals surface area contributed by atoms with Gasteiger partial charge in [0.05, 0.1) is 19.8 Å². The average molecular weight is 373 g/mol. The molecule has 0 aliphatic heterocycles. The second kappa shape index (κ2) is 8.86. The molecule has 1 aromatic heterocycles. The molecule has 2 aromatic rings. The first kappa shape index (κ1) is 20.7. The van der Waals surface area contributed by atoms with Crippen LogP contribution in [0, 0.1) is 13.8 Å². The van der Waals surface area contributed by atoms with Crippen LogP contribution in [0.3, 0.4) is 0 Å². The van der Waals surface area contributed by atoms with Crippen molar-refractivity contribution in [2.75, 3.05) is 27.4 Å². The van der Waals surface area contributed by atoms with Gasteiger partial charge in [-0.3, -0.25) is 9.59 Å². The summed E-state index contributed by atoms with van der Waals surface area (Å²) >= 11 is 0. The number of hydrogen-bond donors (Lipinski definition) is 0. The van der Waals surface area contributed by atoms with Crippen molar-refractivity contribution in [2.45, 2.75) is 33.7 Å². The summed E-state index contributed by atoms with van der Waals surface area (Å²) in [6.07, 6.45) is 0. The van der Waals surface area contributed by atoms with E-state index < -0.39 is 0 Å². The maximum atomic E-state index is 12.7. The number of aromatic nitrogens is 1. The first-order valence-corrected chi connectivity index (χ1v) is 8.82. The van der Waals surface area contributed by atoms with Crippen molar-refractivity contribution in [3.63, 3.8) is 0 Å². The summed E-state index contributed by atoms with van der Waals surface area (Å²) in [6.45, 7) is 7.89. The number of methoxy groups -OCH3 is 2. The zero-order chi connectivity index (χ0) is 20.1. The molecule has 1 heterocycles. The van der Waals surface area contributed by atoms with Crippen LogP contribution in [0.5, 0.6) is 11.5 Å². The Bertz CT molecular complexity index is 837. The predicted octanol–water partition coefficient (Wildman–Crippen LogP) is 3.79. The molecule has 27 heavy (non-hydrogen) atoms. The van der Waals surface area contributed by atoms with E-state index in [9.17, 15) is 9.59 Å². The van der Waals surface area contributed by atoms with E-state index in [1.54, 1.807) is 25.3 Å². The van der Waals surface area contributed by atoms with Crippen LogP contribution >= 0.6 is 0 Å². The summed E-state index contributed by atoms with van der Waals surface area (Å²) in [5.74, 6) is 0.678. The van der Waals surface area contributed by atoms with Gasteiger partial charge in [-0.25, -0.2) is 0 Å². The number of benzene rings is 1. The van der Waals surface area contributed by atoms with Gasteiger partial charge in [0.25, 0.3) is 0 Å². The molecule has 0 fully saturated rings. The Balaban J connectivity index is 2.17. The molecular formula is C21H27NO5. The fourth-order valence-corrected chi connectivity index (χ4v) is 3.28. The Morgan fingerprint density at radius 3 is 2.41 bits per heavy atom. The predicted molar refractivity (Wildman–Crippen MR) is 103 cm³/mol. The molecule has 0 unspecified atom stereocenters. The van der Waals surface area contributed by atoms with Gasteiger partial charge in [0.2, 0.25) is 5.78 Å². The molecule has 0 N–H and O–H groups in total. The molecule has 0 radical (unpaired) electrons. The van der Waals surface area contributed by atoms with E-state index >= 15 is 0 Å². The summed E-state index contributed by atoms with van der Waals surface area (Å²) in [7, 11) is 3.16. The van der Waals surface area contributed by atoms with Crippen molar-refractivity contribution in [1.29, 1.82) is 0 Å². The van der Waals surface area contributed by atoms with Crippen LogP contribution in [0.4, 0.5) is 0 Å². The minimum absolute atomic E-state index is 0.0615. The molecule has 6 nitrogen and oxygen atoms in total. The average Bonchev–Trinajstić information content (AvgIpc) is 2.94. The lowest BCUT2D eigenvalue weighted by molar-refractivity contribution is 0.0917. The third-order valence-corrected chi connectivity index (χ3v) is 4.56. The maximum absolute atomic E-state index is 12.7. The van der Waals surface area contributed by atoms with E-state index in [1.165, 1.54) is 14.0 Å². The van der Waals surface area contributed by atoms with Crippen LogP contribution in [0.25, 0.3) is 0 Å². The number of carbonyl (C=O) groups excluding carboxylic acids is 2. The van der Waals surface area contributed by atoms with Crippen molar-refractivity contribution in [3.05, 3.63) is 46.8 Å². The smallest absolute Gasteiger partial charge is 0.202 e. The lowest BCUT2D eigenvalue weighted by Gasteiger charge is -2.17. The monoisotopic (exact) mass is 373 g/mol. The number of hydrogen-bond acceptors (Lipinski definition) is 5. The molecule has 0 bridgehead atoms. The van der Waals surface area contributed by atoms with Crippen LogP contribution in [0.1, 0.15) is 52.0 Å². The van der Waals surface area contributed by atoms with Crippen molar-refractivity contribution in [1.82, 2.24) is 4.57 Å². The number of Topliss-reactive ketones (excluding diaryl/α,β-unsaturated/α-hetero) is 2. The standard InChI is InChI=1S/C21H27NO5/c1-13-9-18(15(3)22(13)14(2)11-25-5)19(24)12-27-20-8-7-17(16(4)23)10-21(20)26-6/h7-10,14H,11-12H2,1-6H3/t14-/m1/s1. The highest BCUT2D eigenvalue weighted by Gasteiger charge is 2.19. The van der Waals surface area contributed by atoms with Gasteiger partial charge in [0.1, 0.15) is 0 Å². The number of ketones is 2. The lowest BCUT2D eigenvalue weighted by atomic mass is 10.1. The third-order valence-electron chi connectivity index (χ3n) is 4.56. The number of rotatable bonds is 9. The number of aryl methyl sites for hydroxylation is 1. The molecule has 0 aliphatic rings. The third kappa shape index (κ3) is 4.57. The molecule has 0 saturated carbocycles. The molecule has 0 amide bonds. The largest absolute Gasteiger partial charge is 0.493 e. The Kier molecular flexibility index (Phi) is 6.80. The van der Waals surface area contributed by atoms with E-state index in [0.717, 1.165) is 11.4 Å². The van der Waals surface area contributed by atoms with Crippen molar-refractivity contribution in [3.8, 4) is 11.5 Å². The van der Waals surface area contributed by atoms with Gasteiger partial charge in [-0.15, -0.1) is 0 Å². The first-order valence-electron chi connectivity index (χ1n) is 8.82. The van der Waals surface area contributed by atoms with Crippen LogP contribution in [-0.4, -0.2) is 43.6 Å². The van der Waals surface area contributed by atoms with Gasteiger partial charge in [-0.05, 0) is 52.0 Å². The molecule has 146 valence electrons. The zero-order valence-corrected chi connectivity index (χ0v) is 16.8. The highest BCUT2D eigenvalue weighted by atomic mass is 16.5. The molecule has 6 heteroatoms. The van der Waals surface area contributed by atoms with Crippen LogP contribution in [0.2, 0.25) is 0 Å². The van der Waals surface area contributed by atoms with Gasteiger partial charge in [-0.2, -0.15) is 0 Å². The number of ether oxygens (including phenoxy) is 3. The van der Waals surface area contributed by atoms with Crippen molar-refractivity contribution >= 4 is 11.6 Å². The van der Waals surface area contributed by atoms with E-state index in [-0.39, 0.29) is 24.2 Å². The SMILES string of the molecule is COC[C@@H](C)n1c(C)cc(C(=O)COc2ccc(C(C)=O)cc2OC)c1C. The van der Waals surface area contributed by atoms with E-state index in [2.05, 4.69) is 11.5 Å². The Hall–Kier alpha value is -2.60. The number of carbonyl (C=O) groups is 2. The molecule has 0 aliphatic carbocycles. The highest BCUT2D eigenvalue weighted by Crippen LogP contribution is 2.29. The van der Waals surface area contributed by atoms with Gasteiger partial charge >= 0.3 is 0 Å². The first-order chi connectivity index (χ1) is 12.8. The van der Waals surface area contributed by atoms with Gasteiger partial charge in [-0.1, -0.05) is 0 Å². The van der Waals surface area contributed by atoms with E-state index in [1.807, 2.05) is 19.9 Å². The Labute approximate surface area is 160 Å². The van der Waals surface area contributed by atoms with Crippen LogP contribution in [-0.2, 0) is 4.74 Å². The number of nitrogens with zero attached hydrogens (tertiary/aromatic N) is 1. The second-order valence-electron chi connectivity index (χ2n) is 6.59. The normalized spacial score (nSPS) is 11.9. The Morgan fingerprint density at radius 1 is 1.11 bits per heavy atom.